The molecule has 1 nitrogen and oxygen atoms in total. The van der Waals surface area contributed by atoms with Crippen LogP contribution in [0.2, 0.25) is 6.32 Å². The molecule has 0 aliphatic carbocycles. The molecule has 0 amide bonds. The van der Waals surface area contributed by atoms with Crippen molar-refractivity contribution >= 4 is 7.85 Å². The summed E-state index contributed by atoms with van der Waals surface area (Å²) >= 11 is 0. The molecule has 1 saturated heterocycles. The fourth-order valence-corrected chi connectivity index (χ4v) is 0.510. The Balaban J connectivity index is 0.000000145. The van der Waals surface area contributed by atoms with Crippen LogP contribution < -0.4 is 0 Å². The van der Waals surface area contributed by atoms with Gasteiger partial charge in [0.1, 0.15) is 0 Å². The molecular formula is C6H13BO. The molecule has 0 unspecified atom stereocenters. The molecule has 0 atom stereocenters. The van der Waals surface area contributed by atoms with Crippen molar-refractivity contribution < 1.29 is 4.74 Å². The van der Waals surface area contributed by atoms with Crippen molar-refractivity contribution in [1.82, 2.24) is 0 Å². The zero-order chi connectivity index (χ0) is 6.24. The van der Waals surface area contributed by atoms with Crippen molar-refractivity contribution in [2.75, 3.05) is 13.2 Å². The first kappa shape index (κ1) is 8.02. The molecule has 8 heavy (non-hydrogen) atoms. The second kappa shape index (κ2) is 7.02. The van der Waals surface area contributed by atoms with E-state index in [2.05, 4.69) is 0 Å². The first-order valence-electron chi connectivity index (χ1n) is 3.19. The lowest BCUT2D eigenvalue weighted by atomic mass is 10.1. The Morgan fingerprint density at radius 1 is 1.38 bits per heavy atom. The quantitative estimate of drug-likeness (QED) is 0.430. The predicted molar refractivity (Wildman–Crippen MR) is 36.3 cm³/mol. The third-order valence-corrected chi connectivity index (χ3v) is 0.827. The molecule has 0 bridgehead atoms. The topological polar surface area (TPSA) is 9.23 Å². The van der Waals surface area contributed by atoms with Crippen LogP contribution in [0.4, 0.5) is 0 Å². The fourth-order valence-electron chi connectivity index (χ4n) is 0.510. The van der Waals surface area contributed by atoms with E-state index >= 15 is 0 Å². The lowest BCUT2D eigenvalue weighted by molar-refractivity contribution is 0.198. The third-order valence-electron chi connectivity index (χ3n) is 0.827. The predicted octanol–water partition coefficient (Wildman–Crippen LogP) is 1.39. The lowest BCUT2D eigenvalue weighted by Crippen LogP contribution is -1.74. The molecule has 1 fully saturated rings. The highest BCUT2D eigenvalue weighted by molar-refractivity contribution is 6.08. The van der Waals surface area contributed by atoms with Crippen molar-refractivity contribution in [2.24, 2.45) is 0 Å². The minimum absolute atomic E-state index is 0.750. The van der Waals surface area contributed by atoms with Gasteiger partial charge in [0, 0.05) is 13.2 Å². The molecule has 0 saturated carbocycles. The van der Waals surface area contributed by atoms with Crippen molar-refractivity contribution in [3.63, 3.8) is 0 Å². The van der Waals surface area contributed by atoms with Gasteiger partial charge in [-0.3, -0.25) is 0 Å². The van der Waals surface area contributed by atoms with Crippen LogP contribution in [0.1, 0.15) is 19.8 Å². The van der Waals surface area contributed by atoms with Crippen LogP contribution in [-0.4, -0.2) is 21.1 Å². The highest BCUT2D eigenvalue weighted by Crippen LogP contribution is 1.98. The van der Waals surface area contributed by atoms with Crippen molar-refractivity contribution in [3.05, 3.63) is 0 Å². The minimum Gasteiger partial charge on any atom is -0.381 e. The Morgan fingerprint density at radius 2 is 1.75 bits per heavy atom. The van der Waals surface area contributed by atoms with Crippen molar-refractivity contribution in [1.29, 1.82) is 0 Å². The highest BCUT2D eigenvalue weighted by Gasteiger charge is 1.94. The second-order valence-electron chi connectivity index (χ2n) is 1.73. The zero-order valence-corrected chi connectivity index (χ0v) is 5.52. The number of hydrogen-bond donors (Lipinski definition) is 0. The van der Waals surface area contributed by atoms with E-state index in [1.165, 1.54) is 12.8 Å². The SMILES string of the molecule is C1CCOC1.[B]CC. The molecule has 0 N–H and O–H groups in total. The Hall–Kier alpha value is 0.0249. The van der Waals surface area contributed by atoms with Crippen LogP contribution in [0.15, 0.2) is 0 Å². The van der Waals surface area contributed by atoms with Gasteiger partial charge in [-0.05, 0) is 12.8 Å². The Kier molecular flexibility index (Phi) is 7.05. The highest BCUT2D eigenvalue weighted by atomic mass is 16.5. The molecule has 1 aliphatic rings. The summed E-state index contributed by atoms with van der Waals surface area (Å²) in [5.74, 6) is 0. The van der Waals surface area contributed by atoms with Crippen LogP contribution in [-0.2, 0) is 4.74 Å². The molecule has 1 heterocycles. The van der Waals surface area contributed by atoms with Crippen LogP contribution in [0, 0.1) is 0 Å². The Morgan fingerprint density at radius 3 is 1.88 bits per heavy atom. The normalized spacial score (nSPS) is 17.1. The first-order valence-corrected chi connectivity index (χ1v) is 3.19. The molecule has 0 aromatic rings. The van der Waals surface area contributed by atoms with E-state index < -0.39 is 0 Å². The minimum atomic E-state index is 0.750. The van der Waals surface area contributed by atoms with Crippen LogP contribution in [0.3, 0.4) is 0 Å². The molecule has 46 valence electrons. The van der Waals surface area contributed by atoms with Gasteiger partial charge < -0.3 is 4.74 Å². The van der Waals surface area contributed by atoms with Gasteiger partial charge in [0.05, 0.1) is 7.85 Å². The van der Waals surface area contributed by atoms with Crippen LogP contribution >= 0.6 is 0 Å². The Bertz CT molecular complexity index is 27.9. The van der Waals surface area contributed by atoms with Crippen molar-refractivity contribution in [3.8, 4) is 0 Å². The van der Waals surface area contributed by atoms with E-state index in [9.17, 15) is 0 Å². The monoisotopic (exact) mass is 112 g/mol. The van der Waals surface area contributed by atoms with Gasteiger partial charge in [-0.25, -0.2) is 0 Å². The molecule has 2 radical (unpaired) electrons. The van der Waals surface area contributed by atoms with E-state index in [-0.39, 0.29) is 0 Å². The maximum atomic E-state index is 4.94. The lowest BCUT2D eigenvalue weighted by Gasteiger charge is -1.76. The van der Waals surface area contributed by atoms with Gasteiger partial charge in [-0.1, -0.05) is 13.2 Å². The van der Waals surface area contributed by atoms with E-state index in [0.29, 0.717) is 0 Å². The fraction of sp³-hybridized carbons (Fsp3) is 1.00. The van der Waals surface area contributed by atoms with Gasteiger partial charge in [-0.15, -0.1) is 0 Å². The molecule has 0 spiro atoms. The maximum Gasteiger partial charge on any atom is 0.0649 e. The van der Waals surface area contributed by atoms with Gasteiger partial charge in [-0.2, -0.15) is 0 Å². The summed E-state index contributed by atoms with van der Waals surface area (Å²) in [7, 11) is 4.85. The van der Waals surface area contributed by atoms with E-state index in [1.54, 1.807) is 0 Å². The third kappa shape index (κ3) is 6.02. The summed E-state index contributed by atoms with van der Waals surface area (Å²) in [6.07, 6.45) is 3.31. The van der Waals surface area contributed by atoms with Crippen LogP contribution in [0.25, 0.3) is 0 Å². The molecule has 1 aliphatic heterocycles. The Labute approximate surface area is 52.8 Å². The van der Waals surface area contributed by atoms with Gasteiger partial charge in [0.25, 0.3) is 0 Å². The first-order chi connectivity index (χ1) is 3.91. The molecule has 2 heteroatoms. The largest absolute Gasteiger partial charge is 0.381 e. The molecule has 0 aromatic heterocycles. The molecular weight excluding hydrogens is 98.9 g/mol. The number of ether oxygens (including phenoxy) is 1. The number of hydrogen-bond acceptors (Lipinski definition) is 1. The summed E-state index contributed by atoms with van der Waals surface area (Å²) < 4.78 is 4.94. The summed E-state index contributed by atoms with van der Waals surface area (Å²) in [6.45, 7) is 3.90. The maximum absolute atomic E-state index is 4.94. The average Bonchev–Trinajstić information content (AvgIpc) is 2.17. The average molecular weight is 112 g/mol. The van der Waals surface area contributed by atoms with Crippen molar-refractivity contribution in [2.45, 2.75) is 26.1 Å². The van der Waals surface area contributed by atoms with E-state index in [0.717, 1.165) is 19.5 Å². The zero-order valence-electron chi connectivity index (χ0n) is 5.52. The summed E-state index contributed by atoms with van der Waals surface area (Å²) in [5, 5.41) is 0. The van der Waals surface area contributed by atoms with Gasteiger partial charge in [0.2, 0.25) is 0 Å². The van der Waals surface area contributed by atoms with Gasteiger partial charge in [0.15, 0.2) is 0 Å². The van der Waals surface area contributed by atoms with E-state index in [1.807, 2.05) is 6.92 Å². The second-order valence-corrected chi connectivity index (χ2v) is 1.73. The molecule has 0 aromatic carbocycles. The molecule has 1 rings (SSSR count). The summed E-state index contributed by atoms with van der Waals surface area (Å²) in [5.41, 5.74) is 0. The van der Waals surface area contributed by atoms with E-state index in [4.69, 9.17) is 12.6 Å². The number of rotatable bonds is 0. The van der Waals surface area contributed by atoms with Gasteiger partial charge >= 0.3 is 0 Å². The van der Waals surface area contributed by atoms with Crippen LogP contribution in [0.5, 0.6) is 0 Å². The smallest absolute Gasteiger partial charge is 0.0649 e. The summed E-state index contributed by atoms with van der Waals surface area (Å²) in [4.78, 5) is 0. The standard InChI is InChI=1S/C4H8O.C2H5B/c1-2-4-5-3-1;1-2-3/h1-4H2;2H2,1H3. The summed E-state index contributed by atoms with van der Waals surface area (Å²) in [6, 6.07) is 0.